The highest BCUT2D eigenvalue weighted by molar-refractivity contribution is 7.93. The summed E-state index contributed by atoms with van der Waals surface area (Å²) in [6, 6.07) is 24.3. The molecule has 4 aromatic rings. The number of carbonyl (C=O) groups excluding carboxylic acids is 1. The molecule has 0 atom stereocenters. The number of halogens is 2. The number of nitrogens with one attached hydrogen (secondary N) is 2. The molecule has 0 aromatic heterocycles. The van der Waals surface area contributed by atoms with E-state index in [0.717, 1.165) is 9.87 Å². The van der Waals surface area contributed by atoms with Gasteiger partial charge in [-0.05, 0) is 73.7 Å². The summed E-state index contributed by atoms with van der Waals surface area (Å²) in [4.78, 5) is 13.0. The fourth-order valence-electron chi connectivity index (χ4n) is 3.60. The average Bonchev–Trinajstić information content (AvgIpc) is 2.87. The monoisotopic (exact) mass is 603 g/mol. The first-order chi connectivity index (χ1) is 18.4. The van der Waals surface area contributed by atoms with E-state index in [0.29, 0.717) is 5.69 Å². The standard InChI is InChI=1S/C27H23Cl2N3O5S2/c1-19-7-11-26(12-8-19)39(36,37)32(24-16-20(28)15-21(29)17-24)18-27(33)30-22-9-13-25(14-10-22)38(34,35)31-23-5-3-2-4-6-23/h2-17,31H,18H2,1H3,(H,30,33). The minimum absolute atomic E-state index is 0.0125. The summed E-state index contributed by atoms with van der Waals surface area (Å²) in [5.41, 5.74) is 1.66. The Bertz CT molecular complexity index is 1680. The lowest BCUT2D eigenvalue weighted by atomic mass is 10.2. The Balaban J connectivity index is 1.56. The van der Waals surface area contributed by atoms with Crippen molar-refractivity contribution in [2.24, 2.45) is 0 Å². The van der Waals surface area contributed by atoms with E-state index in [2.05, 4.69) is 10.0 Å². The van der Waals surface area contributed by atoms with Crippen LogP contribution in [0.25, 0.3) is 0 Å². The first-order valence-corrected chi connectivity index (χ1v) is 15.2. The molecule has 39 heavy (non-hydrogen) atoms. The summed E-state index contributed by atoms with van der Waals surface area (Å²) in [5, 5.41) is 3.00. The number of para-hydroxylation sites is 1. The van der Waals surface area contributed by atoms with E-state index in [1.54, 1.807) is 42.5 Å². The largest absolute Gasteiger partial charge is 0.325 e. The molecule has 0 saturated carbocycles. The minimum atomic E-state index is -4.18. The lowest BCUT2D eigenvalue weighted by Crippen LogP contribution is -2.38. The first kappa shape index (κ1) is 28.4. The van der Waals surface area contributed by atoms with Crippen molar-refractivity contribution in [1.82, 2.24) is 0 Å². The SMILES string of the molecule is Cc1ccc(S(=O)(=O)N(CC(=O)Nc2ccc(S(=O)(=O)Nc3ccccc3)cc2)c2cc(Cl)cc(Cl)c2)cc1. The zero-order chi connectivity index (χ0) is 28.2. The molecular weight excluding hydrogens is 581 g/mol. The van der Waals surface area contributed by atoms with Gasteiger partial charge in [0.15, 0.2) is 0 Å². The number of nitrogens with zero attached hydrogens (tertiary/aromatic N) is 1. The highest BCUT2D eigenvalue weighted by Gasteiger charge is 2.28. The second-order valence-corrected chi connectivity index (χ2v) is 12.9. The number of benzene rings is 4. The molecule has 0 spiro atoms. The number of rotatable bonds is 9. The van der Waals surface area contributed by atoms with Crippen molar-refractivity contribution in [3.8, 4) is 0 Å². The van der Waals surface area contributed by atoms with E-state index in [1.165, 1.54) is 54.6 Å². The molecule has 0 fully saturated rings. The lowest BCUT2D eigenvalue weighted by Gasteiger charge is -2.24. The smallest absolute Gasteiger partial charge is 0.264 e. The summed E-state index contributed by atoms with van der Waals surface area (Å²) < 4.78 is 55.8. The molecule has 0 aliphatic heterocycles. The summed E-state index contributed by atoms with van der Waals surface area (Å²) in [6.07, 6.45) is 0. The summed E-state index contributed by atoms with van der Waals surface area (Å²) in [7, 11) is -8.03. The van der Waals surface area contributed by atoms with E-state index >= 15 is 0 Å². The highest BCUT2D eigenvalue weighted by Crippen LogP contribution is 2.30. The van der Waals surface area contributed by atoms with Crippen molar-refractivity contribution < 1.29 is 21.6 Å². The molecule has 4 aromatic carbocycles. The Kier molecular flexibility index (Phi) is 8.51. The van der Waals surface area contributed by atoms with Crippen molar-refractivity contribution in [2.45, 2.75) is 16.7 Å². The maximum atomic E-state index is 13.5. The van der Waals surface area contributed by atoms with Crippen molar-refractivity contribution in [3.05, 3.63) is 113 Å². The molecule has 0 aliphatic rings. The van der Waals surface area contributed by atoms with Gasteiger partial charge in [-0.2, -0.15) is 0 Å². The van der Waals surface area contributed by atoms with Gasteiger partial charge in [0.2, 0.25) is 5.91 Å². The molecule has 4 rings (SSSR count). The van der Waals surface area contributed by atoms with Crippen LogP contribution in [-0.4, -0.2) is 29.3 Å². The Labute approximate surface area is 237 Å². The second-order valence-electron chi connectivity index (χ2n) is 8.50. The maximum Gasteiger partial charge on any atom is 0.264 e. The second kappa shape index (κ2) is 11.7. The third-order valence-corrected chi connectivity index (χ3v) is 9.13. The zero-order valence-corrected chi connectivity index (χ0v) is 23.7. The van der Waals surface area contributed by atoms with Crippen LogP contribution in [-0.2, 0) is 24.8 Å². The number of carbonyl (C=O) groups is 1. The summed E-state index contributed by atoms with van der Waals surface area (Å²) in [5.74, 6) is -0.667. The highest BCUT2D eigenvalue weighted by atomic mass is 35.5. The zero-order valence-electron chi connectivity index (χ0n) is 20.5. The Morgan fingerprint density at radius 1 is 0.744 bits per heavy atom. The van der Waals surface area contributed by atoms with Crippen LogP contribution in [0, 0.1) is 6.92 Å². The number of sulfonamides is 2. The molecule has 0 heterocycles. The average molecular weight is 605 g/mol. The van der Waals surface area contributed by atoms with Gasteiger partial charge in [0.25, 0.3) is 20.0 Å². The quantitative estimate of drug-likeness (QED) is 0.246. The molecule has 12 heteroatoms. The normalized spacial score (nSPS) is 11.6. The van der Waals surface area contributed by atoms with Crippen LogP contribution in [0.5, 0.6) is 0 Å². The number of hydrogen-bond acceptors (Lipinski definition) is 5. The van der Waals surface area contributed by atoms with Crippen LogP contribution >= 0.6 is 23.2 Å². The molecule has 202 valence electrons. The van der Waals surface area contributed by atoms with E-state index in [1.807, 2.05) is 6.92 Å². The van der Waals surface area contributed by atoms with E-state index in [4.69, 9.17) is 23.2 Å². The van der Waals surface area contributed by atoms with Crippen molar-refractivity contribution in [1.29, 1.82) is 0 Å². The summed E-state index contributed by atoms with van der Waals surface area (Å²) >= 11 is 12.2. The van der Waals surface area contributed by atoms with Gasteiger partial charge in [-0.15, -0.1) is 0 Å². The van der Waals surface area contributed by atoms with Crippen LogP contribution in [0.15, 0.2) is 107 Å². The van der Waals surface area contributed by atoms with E-state index < -0.39 is 32.5 Å². The van der Waals surface area contributed by atoms with Crippen molar-refractivity contribution in [2.75, 3.05) is 20.9 Å². The summed E-state index contributed by atoms with van der Waals surface area (Å²) in [6.45, 7) is 1.23. The van der Waals surface area contributed by atoms with Gasteiger partial charge in [0.1, 0.15) is 6.54 Å². The van der Waals surface area contributed by atoms with Gasteiger partial charge in [-0.3, -0.25) is 13.8 Å². The fraction of sp³-hybridized carbons (Fsp3) is 0.0741. The number of amides is 1. The predicted molar refractivity (Wildman–Crippen MR) is 154 cm³/mol. The molecule has 0 saturated heterocycles. The number of aryl methyl sites for hydroxylation is 1. The first-order valence-electron chi connectivity index (χ1n) is 11.5. The van der Waals surface area contributed by atoms with Gasteiger partial charge in [-0.25, -0.2) is 16.8 Å². The fourth-order valence-corrected chi connectivity index (χ4v) is 6.58. The number of hydrogen-bond donors (Lipinski definition) is 2. The van der Waals surface area contributed by atoms with Gasteiger partial charge in [0, 0.05) is 21.4 Å². The van der Waals surface area contributed by atoms with Gasteiger partial charge in [0.05, 0.1) is 15.5 Å². The molecule has 2 N–H and O–H groups in total. The van der Waals surface area contributed by atoms with Gasteiger partial charge < -0.3 is 5.32 Å². The molecule has 0 aliphatic carbocycles. The van der Waals surface area contributed by atoms with Crippen LogP contribution < -0.4 is 14.3 Å². The van der Waals surface area contributed by atoms with Crippen LogP contribution in [0.4, 0.5) is 17.1 Å². The molecule has 0 bridgehead atoms. The molecule has 0 radical (unpaired) electrons. The van der Waals surface area contributed by atoms with Crippen LogP contribution in [0.2, 0.25) is 10.0 Å². The Hall–Kier alpha value is -3.57. The minimum Gasteiger partial charge on any atom is -0.325 e. The van der Waals surface area contributed by atoms with E-state index in [-0.39, 0.29) is 31.2 Å². The van der Waals surface area contributed by atoms with E-state index in [9.17, 15) is 21.6 Å². The molecule has 1 amide bonds. The van der Waals surface area contributed by atoms with Gasteiger partial charge >= 0.3 is 0 Å². The molecule has 0 unspecified atom stereocenters. The third kappa shape index (κ3) is 7.10. The van der Waals surface area contributed by atoms with Crippen LogP contribution in [0.1, 0.15) is 5.56 Å². The Morgan fingerprint density at radius 3 is 1.90 bits per heavy atom. The Morgan fingerprint density at radius 2 is 1.31 bits per heavy atom. The van der Waals surface area contributed by atoms with Crippen molar-refractivity contribution >= 4 is 66.2 Å². The van der Waals surface area contributed by atoms with Gasteiger partial charge in [-0.1, -0.05) is 59.1 Å². The number of anilines is 3. The van der Waals surface area contributed by atoms with Crippen molar-refractivity contribution in [3.63, 3.8) is 0 Å². The molecule has 8 nitrogen and oxygen atoms in total. The van der Waals surface area contributed by atoms with Crippen LogP contribution in [0.3, 0.4) is 0 Å². The molecular formula is C27H23Cl2N3O5S2. The maximum absolute atomic E-state index is 13.5. The topological polar surface area (TPSA) is 113 Å². The lowest BCUT2D eigenvalue weighted by molar-refractivity contribution is -0.114. The predicted octanol–water partition coefficient (Wildman–Crippen LogP) is 5.94. The third-order valence-electron chi connectivity index (χ3n) is 5.51.